The summed E-state index contributed by atoms with van der Waals surface area (Å²) < 4.78 is 0. The van der Waals surface area contributed by atoms with E-state index in [2.05, 4.69) is 12.2 Å². The van der Waals surface area contributed by atoms with Crippen LogP contribution < -0.4 is 11.1 Å². The van der Waals surface area contributed by atoms with Gasteiger partial charge in [0.05, 0.1) is 0 Å². The fourth-order valence-electron chi connectivity index (χ4n) is 2.76. The number of carbonyl (C=O) groups excluding carboxylic acids is 1. The normalized spacial score (nSPS) is 24.6. The molecule has 17 heavy (non-hydrogen) atoms. The molecule has 1 amide bonds. The van der Waals surface area contributed by atoms with Gasteiger partial charge in [-0.05, 0) is 38.1 Å². The molecule has 1 aliphatic rings. The lowest BCUT2D eigenvalue weighted by Crippen LogP contribution is -2.34. The van der Waals surface area contributed by atoms with E-state index < -0.39 is 0 Å². The van der Waals surface area contributed by atoms with Gasteiger partial charge >= 0.3 is 0 Å². The molecular weight excluding hydrogens is 212 g/mol. The molecule has 1 saturated carbocycles. The summed E-state index contributed by atoms with van der Waals surface area (Å²) in [6, 6.07) is 0. The number of hydrogen-bond donors (Lipinski definition) is 2. The van der Waals surface area contributed by atoms with Crippen LogP contribution in [0.25, 0.3) is 0 Å². The molecule has 0 aromatic carbocycles. The summed E-state index contributed by atoms with van der Waals surface area (Å²) in [6.45, 7) is 3.79. The van der Waals surface area contributed by atoms with Crippen molar-refractivity contribution in [2.24, 2.45) is 17.6 Å². The van der Waals surface area contributed by atoms with Crippen molar-refractivity contribution in [2.75, 3.05) is 13.1 Å². The lowest BCUT2D eigenvalue weighted by atomic mass is 9.79. The zero-order valence-electron chi connectivity index (χ0n) is 11.2. The Morgan fingerprint density at radius 1 is 1.35 bits per heavy atom. The predicted octanol–water partition coefficient (Wildman–Crippen LogP) is 2.45. The van der Waals surface area contributed by atoms with Crippen molar-refractivity contribution in [3.8, 4) is 0 Å². The van der Waals surface area contributed by atoms with Gasteiger partial charge in [0.25, 0.3) is 0 Å². The Labute approximate surface area is 106 Å². The highest BCUT2D eigenvalue weighted by Crippen LogP contribution is 2.30. The lowest BCUT2D eigenvalue weighted by molar-refractivity contribution is -0.126. The van der Waals surface area contributed by atoms with Gasteiger partial charge in [-0.3, -0.25) is 4.79 Å². The summed E-state index contributed by atoms with van der Waals surface area (Å²) in [5, 5.41) is 3.08. The van der Waals surface area contributed by atoms with Crippen molar-refractivity contribution >= 4 is 5.91 Å². The Hall–Kier alpha value is -0.570. The molecule has 3 heteroatoms. The van der Waals surface area contributed by atoms with Gasteiger partial charge in [0.2, 0.25) is 5.91 Å². The van der Waals surface area contributed by atoms with Crippen molar-refractivity contribution < 1.29 is 4.79 Å². The van der Waals surface area contributed by atoms with Crippen molar-refractivity contribution in [3.63, 3.8) is 0 Å². The number of unbranched alkanes of at least 4 members (excludes halogenated alkanes) is 2. The zero-order chi connectivity index (χ0) is 12.5. The number of nitrogens with one attached hydrogen (secondary N) is 1. The summed E-state index contributed by atoms with van der Waals surface area (Å²) in [7, 11) is 0. The Kier molecular flexibility index (Phi) is 7.25. The Balaban J connectivity index is 2.21. The second-order valence-corrected chi connectivity index (χ2v) is 5.31. The van der Waals surface area contributed by atoms with Crippen LogP contribution in [0, 0.1) is 11.8 Å². The molecule has 3 N–H and O–H groups in total. The summed E-state index contributed by atoms with van der Waals surface area (Å²) in [6.07, 6.45) is 9.19. The lowest BCUT2D eigenvalue weighted by Gasteiger charge is -2.28. The molecule has 2 atom stereocenters. The van der Waals surface area contributed by atoms with E-state index in [4.69, 9.17) is 5.73 Å². The first kappa shape index (κ1) is 14.5. The number of nitrogens with two attached hydrogens (primary N) is 1. The Bertz CT molecular complexity index is 216. The smallest absolute Gasteiger partial charge is 0.223 e. The first-order valence-electron chi connectivity index (χ1n) is 7.25. The summed E-state index contributed by atoms with van der Waals surface area (Å²) in [5.74, 6) is 1.21. The quantitative estimate of drug-likeness (QED) is 0.672. The van der Waals surface area contributed by atoms with E-state index in [0.29, 0.717) is 5.92 Å². The molecule has 0 aromatic rings. The molecule has 0 spiro atoms. The number of carbonyl (C=O) groups is 1. The van der Waals surface area contributed by atoms with Gasteiger partial charge in [0, 0.05) is 12.5 Å². The molecule has 1 rings (SSSR count). The SMILES string of the molecule is CCCCCNC(=O)C1CCCC(CCN)C1. The van der Waals surface area contributed by atoms with Crippen molar-refractivity contribution in [1.29, 1.82) is 0 Å². The van der Waals surface area contributed by atoms with Crippen LogP contribution in [-0.4, -0.2) is 19.0 Å². The second-order valence-electron chi connectivity index (χ2n) is 5.31. The summed E-state index contributed by atoms with van der Waals surface area (Å²) >= 11 is 0. The highest BCUT2D eigenvalue weighted by atomic mass is 16.1. The van der Waals surface area contributed by atoms with Gasteiger partial charge in [-0.2, -0.15) is 0 Å². The number of amides is 1. The first-order valence-corrected chi connectivity index (χ1v) is 7.25. The third kappa shape index (κ3) is 5.53. The fourth-order valence-corrected chi connectivity index (χ4v) is 2.76. The van der Waals surface area contributed by atoms with E-state index in [1.807, 2.05) is 0 Å². The van der Waals surface area contributed by atoms with Gasteiger partial charge in [-0.1, -0.05) is 32.6 Å². The molecule has 1 fully saturated rings. The van der Waals surface area contributed by atoms with Crippen LogP contribution in [-0.2, 0) is 4.79 Å². The largest absolute Gasteiger partial charge is 0.356 e. The van der Waals surface area contributed by atoms with Gasteiger partial charge in [0.15, 0.2) is 0 Å². The minimum atomic E-state index is 0.252. The molecule has 0 radical (unpaired) electrons. The van der Waals surface area contributed by atoms with Gasteiger partial charge in [-0.25, -0.2) is 0 Å². The standard InChI is InChI=1S/C14H28N2O/c1-2-3-4-10-16-14(17)13-7-5-6-12(11-13)8-9-15/h12-13H,2-11,15H2,1H3,(H,16,17). The number of hydrogen-bond acceptors (Lipinski definition) is 2. The first-order chi connectivity index (χ1) is 8.27. The van der Waals surface area contributed by atoms with Crippen LogP contribution in [0.1, 0.15) is 58.3 Å². The predicted molar refractivity (Wildman–Crippen MR) is 71.7 cm³/mol. The van der Waals surface area contributed by atoms with Crippen molar-refractivity contribution in [2.45, 2.75) is 58.3 Å². The average Bonchev–Trinajstić information content (AvgIpc) is 2.35. The third-order valence-electron chi connectivity index (χ3n) is 3.81. The maximum absolute atomic E-state index is 12.0. The van der Waals surface area contributed by atoms with E-state index in [1.165, 1.54) is 25.7 Å². The molecule has 0 aromatic heterocycles. The van der Waals surface area contributed by atoms with Gasteiger partial charge in [0.1, 0.15) is 0 Å². The molecule has 0 bridgehead atoms. The van der Waals surface area contributed by atoms with E-state index in [9.17, 15) is 4.79 Å². The van der Waals surface area contributed by atoms with Crippen molar-refractivity contribution in [1.82, 2.24) is 5.32 Å². The van der Waals surface area contributed by atoms with E-state index >= 15 is 0 Å². The maximum Gasteiger partial charge on any atom is 0.223 e. The molecule has 100 valence electrons. The van der Waals surface area contributed by atoms with E-state index in [-0.39, 0.29) is 11.8 Å². The minimum Gasteiger partial charge on any atom is -0.356 e. The van der Waals surface area contributed by atoms with Crippen LogP contribution in [0.4, 0.5) is 0 Å². The molecule has 0 aliphatic heterocycles. The highest BCUT2D eigenvalue weighted by Gasteiger charge is 2.26. The molecule has 2 unspecified atom stereocenters. The molecule has 0 saturated heterocycles. The second kappa shape index (κ2) is 8.51. The number of rotatable bonds is 7. The molecular formula is C14H28N2O. The molecule has 0 heterocycles. The van der Waals surface area contributed by atoms with E-state index in [0.717, 1.165) is 38.8 Å². The fraction of sp³-hybridized carbons (Fsp3) is 0.929. The van der Waals surface area contributed by atoms with Crippen molar-refractivity contribution in [3.05, 3.63) is 0 Å². The van der Waals surface area contributed by atoms with Gasteiger partial charge < -0.3 is 11.1 Å². The van der Waals surface area contributed by atoms with Gasteiger partial charge in [-0.15, -0.1) is 0 Å². The summed E-state index contributed by atoms with van der Waals surface area (Å²) in [5.41, 5.74) is 5.59. The van der Waals surface area contributed by atoms with Crippen LogP contribution in [0.2, 0.25) is 0 Å². The summed E-state index contributed by atoms with van der Waals surface area (Å²) in [4.78, 5) is 12.0. The average molecular weight is 240 g/mol. The Morgan fingerprint density at radius 2 is 2.18 bits per heavy atom. The third-order valence-corrected chi connectivity index (χ3v) is 3.81. The molecule has 3 nitrogen and oxygen atoms in total. The molecule has 1 aliphatic carbocycles. The minimum absolute atomic E-state index is 0.252. The topological polar surface area (TPSA) is 55.1 Å². The monoisotopic (exact) mass is 240 g/mol. The Morgan fingerprint density at radius 3 is 2.88 bits per heavy atom. The van der Waals surface area contributed by atoms with E-state index in [1.54, 1.807) is 0 Å². The zero-order valence-corrected chi connectivity index (χ0v) is 11.2. The van der Waals surface area contributed by atoms with Crippen LogP contribution >= 0.6 is 0 Å². The highest BCUT2D eigenvalue weighted by molar-refractivity contribution is 5.78. The van der Waals surface area contributed by atoms with Crippen LogP contribution in [0.3, 0.4) is 0 Å². The van der Waals surface area contributed by atoms with Crippen LogP contribution in [0.15, 0.2) is 0 Å². The maximum atomic E-state index is 12.0. The van der Waals surface area contributed by atoms with Crippen LogP contribution in [0.5, 0.6) is 0 Å².